The van der Waals surface area contributed by atoms with Gasteiger partial charge in [-0.3, -0.25) is 14.8 Å². The Hall–Kier alpha value is -3.86. The van der Waals surface area contributed by atoms with E-state index in [0.717, 1.165) is 33.1 Å². The van der Waals surface area contributed by atoms with Gasteiger partial charge in [-0.25, -0.2) is 4.98 Å². The van der Waals surface area contributed by atoms with Crippen LogP contribution in [0.15, 0.2) is 90.2 Å². The third-order valence-corrected chi connectivity index (χ3v) is 4.85. The van der Waals surface area contributed by atoms with Crippen molar-refractivity contribution in [3.63, 3.8) is 0 Å². The fraction of sp³-hybridized carbons (Fsp3) is 0.0435. The molecule has 5 nitrogen and oxygen atoms in total. The molecule has 0 atom stereocenters. The summed E-state index contributed by atoms with van der Waals surface area (Å²) in [5.74, 6) is 0. The van der Waals surface area contributed by atoms with E-state index in [1.54, 1.807) is 23.2 Å². The van der Waals surface area contributed by atoms with E-state index >= 15 is 0 Å². The Balaban J connectivity index is 1.56. The normalized spacial score (nSPS) is 11.1. The van der Waals surface area contributed by atoms with E-state index < -0.39 is 0 Å². The first-order valence-corrected chi connectivity index (χ1v) is 9.02. The molecule has 0 saturated carbocycles. The molecule has 0 aliphatic rings. The van der Waals surface area contributed by atoms with Gasteiger partial charge in [0.15, 0.2) is 0 Å². The summed E-state index contributed by atoms with van der Waals surface area (Å²) < 4.78 is 1.73. The van der Waals surface area contributed by atoms with Gasteiger partial charge in [-0.1, -0.05) is 30.3 Å². The number of hydrogen-bond acceptors (Lipinski definition) is 4. The maximum absolute atomic E-state index is 12.4. The lowest BCUT2D eigenvalue weighted by atomic mass is 10.0. The van der Waals surface area contributed by atoms with Crippen LogP contribution in [0.25, 0.3) is 33.1 Å². The molecule has 0 fully saturated rings. The zero-order valence-corrected chi connectivity index (χ0v) is 15.0. The molecule has 0 radical (unpaired) electrons. The third kappa shape index (κ3) is 2.93. The standard InChI is InChI=1S/C23H16N4O/c28-23-14-26-21-13-24-10-8-22(21)27(23)15-16-3-1-4-17(11-16)18-6-7-20-19(12-18)5-2-9-25-20/h1-14H,15H2. The Labute approximate surface area is 161 Å². The molecule has 5 heteroatoms. The number of fused-ring (bicyclic) bond motifs is 2. The van der Waals surface area contributed by atoms with E-state index in [2.05, 4.69) is 45.3 Å². The predicted octanol–water partition coefficient (Wildman–Crippen LogP) is 4.06. The highest BCUT2D eigenvalue weighted by atomic mass is 16.1. The average molecular weight is 364 g/mol. The van der Waals surface area contributed by atoms with Crippen LogP contribution in [0, 0.1) is 0 Å². The van der Waals surface area contributed by atoms with Gasteiger partial charge in [-0.05, 0) is 47.0 Å². The third-order valence-electron chi connectivity index (χ3n) is 4.85. The number of hydrogen-bond donors (Lipinski definition) is 0. The minimum atomic E-state index is -0.124. The number of pyridine rings is 2. The monoisotopic (exact) mass is 364 g/mol. The van der Waals surface area contributed by atoms with Gasteiger partial charge in [0.2, 0.25) is 0 Å². The lowest BCUT2D eigenvalue weighted by Crippen LogP contribution is -2.21. The highest BCUT2D eigenvalue weighted by Gasteiger charge is 2.07. The molecule has 0 unspecified atom stereocenters. The SMILES string of the molecule is O=c1cnc2cnccc2n1Cc1cccc(-c2ccc3ncccc3c2)c1. The van der Waals surface area contributed by atoms with Crippen molar-refractivity contribution in [1.82, 2.24) is 19.5 Å². The van der Waals surface area contributed by atoms with Crippen molar-refractivity contribution in [1.29, 1.82) is 0 Å². The number of nitrogens with zero attached hydrogens (tertiary/aromatic N) is 4. The molecule has 0 aliphatic carbocycles. The van der Waals surface area contributed by atoms with Crippen LogP contribution in [0.5, 0.6) is 0 Å². The molecular weight excluding hydrogens is 348 g/mol. The van der Waals surface area contributed by atoms with Crippen LogP contribution < -0.4 is 5.56 Å². The predicted molar refractivity (Wildman–Crippen MR) is 110 cm³/mol. The van der Waals surface area contributed by atoms with Crippen molar-refractivity contribution in [2.45, 2.75) is 6.54 Å². The molecule has 134 valence electrons. The summed E-state index contributed by atoms with van der Waals surface area (Å²) in [6, 6.07) is 20.3. The Kier molecular flexibility index (Phi) is 3.91. The Morgan fingerprint density at radius 1 is 0.786 bits per heavy atom. The molecule has 0 amide bonds. The Morgan fingerprint density at radius 2 is 1.71 bits per heavy atom. The second-order valence-corrected chi connectivity index (χ2v) is 6.66. The van der Waals surface area contributed by atoms with Crippen LogP contribution >= 0.6 is 0 Å². The maximum Gasteiger partial charge on any atom is 0.269 e. The summed E-state index contributed by atoms with van der Waals surface area (Å²) in [5.41, 5.74) is 5.63. The zero-order chi connectivity index (χ0) is 18.9. The van der Waals surface area contributed by atoms with Crippen molar-refractivity contribution in [2.24, 2.45) is 0 Å². The molecule has 5 aromatic rings. The first-order valence-electron chi connectivity index (χ1n) is 9.02. The van der Waals surface area contributed by atoms with Crippen molar-refractivity contribution in [2.75, 3.05) is 0 Å². The summed E-state index contributed by atoms with van der Waals surface area (Å²) in [4.78, 5) is 25.1. The van der Waals surface area contributed by atoms with E-state index in [4.69, 9.17) is 0 Å². The molecule has 0 aliphatic heterocycles. The largest absolute Gasteiger partial charge is 0.301 e. The molecule has 3 heterocycles. The van der Waals surface area contributed by atoms with E-state index in [-0.39, 0.29) is 5.56 Å². The molecular formula is C23H16N4O. The quantitative estimate of drug-likeness (QED) is 0.484. The lowest BCUT2D eigenvalue weighted by molar-refractivity contribution is 0.786. The minimum absolute atomic E-state index is 0.124. The van der Waals surface area contributed by atoms with Crippen LogP contribution in [-0.4, -0.2) is 19.5 Å². The molecule has 0 bridgehead atoms. The lowest BCUT2D eigenvalue weighted by Gasteiger charge is -2.11. The van der Waals surface area contributed by atoms with Gasteiger partial charge in [-0.15, -0.1) is 0 Å². The fourth-order valence-corrected chi connectivity index (χ4v) is 3.47. The van der Waals surface area contributed by atoms with Gasteiger partial charge in [-0.2, -0.15) is 0 Å². The molecule has 2 aromatic carbocycles. The van der Waals surface area contributed by atoms with Gasteiger partial charge in [0.1, 0.15) is 5.52 Å². The Bertz CT molecular complexity index is 1370. The molecule has 0 N–H and O–H groups in total. The van der Waals surface area contributed by atoms with Gasteiger partial charge in [0, 0.05) is 17.8 Å². The molecule has 0 spiro atoms. The molecule has 3 aromatic heterocycles. The molecule has 5 rings (SSSR count). The zero-order valence-electron chi connectivity index (χ0n) is 15.0. The van der Waals surface area contributed by atoms with Crippen molar-refractivity contribution in [3.05, 3.63) is 101 Å². The topological polar surface area (TPSA) is 60.7 Å². The van der Waals surface area contributed by atoms with Crippen LogP contribution in [0.3, 0.4) is 0 Å². The van der Waals surface area contributed by atoms with Gasteiger partial charge < -0.3 is 4.57 Å². The van der Waals surface area contributed by atoms with Crippen LogP contribution in [0.4, 0.5) is 0 Å². The van der Waals surface area contributed by atoms with Gasteiger partial charge >= 0.3 is 0 Å². The first-order chi connectivity index (χ1) is 13.8. The second-order valence-electron chi connectivity index (χ2n) is 6.66. The number of aromatic nitrogens is 4. The van der Waals surface area contributed by atoms with Crippen molar-refractivity contribution in [3.8, 4) is 11.1 Å². The van der Waals surface area contributed by atoms with E-state index in [9.17, 15) is 4.79 Å². The highest BCUT2D eigenvalue weighted by Crippen LogP contribution is 2.24. The summed E-state index contributed by atoms with van der Waals surface area (Å²) in [6.45, 7) is 0.477. The van der Waals surface area contributed by atoms with Crippen LogP contribution in [-0.2, 0) is 6.54 Å². The summed E-state index contributed by atoms with van der Waals surface area (Å²) in [7, 11) is 0. The van der Waals surface area contributed by atoms with E-state index in [1.165, 1.54) is 6.20 Å². The smallest absolute Gasteiger partial charge is 0.269 e. The average Bonchev–Trinajstić information content (AvgIpc) is 2.76. The number of rotatable bonds is 3. The fourth-order valence-electron chi connectivity index (χ4n) is 3.47. The maximum atomic E-state index is 12.4. The minimum Gasteiger partial charge on any atom is -0.301 e. The van der Waals surface area contributed by atoms with E-state index in [0.29, 0.717) is 12.1 Å². The number of benzene rings is 2. The highest BCUT2D eigenvalue weighted by molar-refractivity contribution is 5.84. The molecule has 28 heavy (non-hydrogen) atoms. The molecule has 0 saturated heterocycles. The second kappa shape index (κ2) is 6.70. The summed E-state index contributed by atoms with van der Waals surface area (Å²) in [5, 5.41) is 1.11. The van der Waals surface area contributed by atoms with Gasteiger partial charge in [0.25, 0.3) is 5.56 Å². The summed E-state index contributed by atoms with van der Waals surface area (Å²) in [6.07, 6.45) is 6.50. The van der Waals surface area contributed by atoms with Crippen LogP contribution in [0.1, 0.15) is 5.56 Å². The van der Waals surface area contributed by atoms with Crippen LogP contribution in [0.2, 0.25) is 0 Å². The summed E-state index contributed by atoms with van der Waals surface area (Å²) >= 11 is 0. The van der Waals surface area contributed by atoms with Crippen molar-refractivity contribution >= 4 is 21.9 Å². The van der Waals surface area contributed by atoms with E-state index in [1.807, 2.05) is 30.3 Å². The van der Waals surface area contributed by atoms with Gasteiger partial charge in [0.05, 0.1) is 30.0 Å². The first kappa shape index (κ1) is 16.3. The van der Waals surface area contributed by atoms with Crippen molar-refractivity contribution < 1.29 is 0 Å². The Morgan fingerprint density at radius 3 is 2.68 bits per heavy atom.